The molecule has 0 fully saturated rings. The summed E-state index contributed by atoms with van der Waals surface area (Å²) in [6.45, 7) is 1.54. The third-order valence-corrected chi connectivity index (χ3v) is 3.29. The number of rotatable bonds is 6. The number of halogens is 1. The van der Waals surface area contributed by atoms with Crippen molar-refractivity contribution in [3.8, 4) is 5.75 Å². The van der Waals surface area contributed by atoms with Crippen molar-refractivity contribution in [2.45, 2.75) is 13.0 Å². The second-order valence-corrected chi connectivity index (χ2v) is 5.56. The SMILES string of the molecule is CS(=O)CCCNCc1ccc(O)c(Cl)c1. The van der Waals surface area contributed by atoms with Crippen LogP contribution in [-0.4, -0.2) is 27.9 Å². The van der Waals surface area contributed by atoms with Crippen LogP contribution < -0.4 is 5.32 Å². The molecule has 0 radical (unpaired) electrons. The van der Waals surface area contributed by atoms with Crippen LogP contribution in [0.4, 0.5) is 0 Å². The number of phenolic OH excluding ortho intramolecular Hbond substituents is 1. The van der Waals surface area contributed by atoms with E-state index in [-0.39, 0.29) is 5.75 Å². The summed E-state index contributed by atoms with van der Waals surface area (Å²) in [6, 6.07) is 5.15. The molecule has 5 heteroatoms. The molecule has 16 heavy (non-hydrogen) atoms. The molecule has 0 aliphatic rings. The summed E-state index contributed by atoms with van der Waals surface area (Å²) in [5.41, 5.74) is 1.03. The van der Waals surface area contributed by atoms with Crippen LogP contribution in [0.15, 0.2) is 18.2 Å². The fraction of sp³-hybridized carbons (Fsp3) is 0.455. The van der Waals surface area contributed by atoms with Gasteiger partial charge in [0.25, 0.3) is 0 Å². The van der Waals surface area contributed by atoms with Crippen LogP contribution in [0.25, 0.3) is 0 Å². The van der Waals surface area contributed by atoms with Gasteiger partial charge in [0.1, 0.15) is 5.75 Å². The van der Waals surface area contributed by atoms with Crippen molar-refractivity contribution < 1.29 is 9.32 Å². The summed E-state index contributed by atoms with van der Waals surface area (Å²) in [4.78, 5) is 0. The van der Waals surface area contributed by atoms with Crippen molar-refractivity contribution in [1.82, 2.24) is 5.32 Å². The van der Waals surface area contributed by atoms with Crippen molar-refractivity contribution in [3.05, 3.63) is 28.8 Å². The van der Waals surface area contributed by atoms with Gasteiger partial charge in [0.15, 0.2) is 0 Å². The standard InChI is InChI=1S/C11H16ClNO2S/c1-16(15)6-2-5-13-8-9-3-4-11(14)10(12)7-9/h3-4,7,13-14H,2,5-6,8H2,1H3. The average molecular weight is 262 g/mol. The highest BCUT2D eigenvalue weighted by atomic mass is 35.5. The molecule has 0 heterocycles. The zero-order valence-corrected chi connectivity index (χ0v) is 10.8. The van der Waals surface area contributed by atoms with Gasteiger partial charge in [-0.25, -0.2) is 0 Å². The lowest BCUT2D eigenvalue weighted by Crippen LogP contribution is -2.16. The first kappa shape index (κ1) is 13.5. The van der Waals surface area contributed by atoms with Gasteiger partial charge in [-0.05, 0) is 30.7 Å². The van der Waals surface area contributed by atoms with Crippen LogP contribution in [0, 0.1) is 0 Å². The van der Waals surface area contributed by atoms with Crippen LogP contribution >= 0.6 is 11.6 Å². The molecule has 0 saturated carbocycles. The van der Waals surface area contributed by atoms with E-state index in [0.29, 0.717) is 11.6 Å². The summed E-state index contributed by atoms with van der Waals surface area (Å²) >= 11 is 5.78. The maximum Gasteiger partial charge on any atom is 0.134 e. The predicted octanol–water partition coefficient (Wildman–Crippen LogP) is 1.90. The van der Waals surface area contributed by atoms with E-state index in [2.05, 4.69) is 5.32 Å². The smallest absolute Gasteiger partial charge is 0.134 e. The molecule has 0 aromatic heterocycles. The number of benzene rings is 1. The molecule has 0 aliphatic carbocycles. The summed E-state index contributed by atoms with van der Waals surface area (Å²) in [6.07, 6.45) is 2.61. The van der Waals surface area contributed by atoms with Gasteiger partial charge in [-0.3, -0.25) is 4.21 Å². The van der Waals surface area contributed by atoms with Gasteiger partial charge in [0.2, 0.25) is 0 Å². The third kappa shape index (κ3) is 4.96. The number of hydrogen-bond donors (Lipinski definition) is 2. The number of hydrogen-bond acceptors (Lipinski definition) is 3. The molecule has 1 atom stereocenters. The van der Waals surface area contributed by atoms with Crippen molar-refractivity contribution in [3.63, 3.8) is 0 Å². The molecule has 0 bridgehead atoms. The number of nitrogens with one attached hydrogen (secondary N) is 1. The van der Waals surface area contributed by atoms with Gasteiger partial charge >= 0.3 is 0 Å². The predicted molar refractivity (Wildman–Crippen MR) is 68.4 cm³/mol. The molecule has 90 valence electrons. The first-order chi connectivity index (χ1) is 7.59. The minimum atomic E-state index is -0.714. The van der Waals surface area contributed by atoms with E-state index in [4.69, 9.17) is 11.6 Å². The van der Waals surface area contributed by atoms with Gasteiger partial charge in [0, 0.05) is 29.4 Å². The number of aromatic hydroxyl groups is 1. The van der Waals surface area contributed by atoms with Gasteiger partial charge in [-0.2, -0.15) is 0 Å². The molecule has 1 unspecified atom stereocenters. The van der Waals surface area contributed by atoms with E-state index in [1.165, 1.54) is 0 Å². The van der Waals surface area contributed by atoms with Gasteiger partial charge < -0.3 is 10.4 Å². The topological polar surface area (TPSA) is 49.3 Å². The quantitative estimate of drug-likeness (QED) is 0.769. The van der Waals surface area contributed by atoms with Crippen molar-refractivity contribution in [2.75, 3.05) is 18.6 Å². The minimum absolute atomic E-state index is 0.104. The van der Waals surface area contributed by atoms with E-state index in [0.717, 1.165) is 24.3 Å². The van der Waals surface area contributed by atoms with Crippen LogP contribution in [0.2, 0.25) is 5.02 Å². The molecule has 1 aromatic carbocycles. The van der Waals surface area contributed by atoms with E-state index >= 15 is 0 Å². The maximum atomic E-state index is 10.8. The zero-order valence-electron chi connectivity index (χ0n) is 9.20. The van der Waals surface area contributed by atoms with Crippen molar-refractivity contribution in [1.29, 1.82) is 0 Å². The van der Waals surface area contributed by atoms with Crippen molar-refractivity contribution >= 4 is 22.4 Å². The lowest BCUT2D eigenvalue weighted by Gasteiger charge is -2.05. The average Bonchev–Trinajstić information content (AvgIpc) is 2.22. The zero-order chi connectivity index (χ0) is 12.0. The summed E-state index contributed by atoms with van der Waals surface area (Å²) in [7, 11) is -0.714. The maximum absolute atomic E-state index is 10.8. The fourth-order valence-corrected chi connectivity index (χ4v) is 2.05. The lowest BCUT2D eigenvalue weighted by atomic mass is 10.2. The fourth-order valence-electron chi connectivity index (χ4n) is 1.29. The lowest BCUT2D eigenvalue weighted by molar-refractivity contribution is 0.475. The molecule has 3 nitrogen and oxygen atoms in total. The van der Waals surface area contributed by atoms with E-state index in [1.807, 2.05) is 6.07 Å². The Balaban J connectivity index is 2.27. The minimum Gasteiger partial charge on any atom is -0.506 e. The Morgan fingerprint density at radius 2 is 2.25 bits per heavy atom. The first-order valence-electron chi connectivity index (χ1n) is 5.07. The van der Waals surface area contributed by atoms with E-state index in [1.54, 1.807) is 18.4 Å². The van der Waals surface area contributed by atoms with E-state index < -0.39 is 10.8 Å². The monoisotopic (exact) mass is 261 g/mol. The Morgan fingerprint density at radius 3 is 2.88 bits per heavy atom. The Bertz CT molecular complexity index is 371. The Kier molecular flexibility index (Phi) is 5.80. The highest BCUT2D eigenvalue weighted by molar-refractivity contribution is 7.84. The van der Waals surface area contributed by atoms with Crippen LogP contribution in [0.5, 0.6) is 5.75 Å². The third-order valence-electron chi connectivity index (χ3n) is 2.13. The largest absolute Gasteiger partial charge is 0.506 e. The van der Waals surface area contributed by atoms with Crippen LogP contribution in [0.3, 0.4) is 0 Å². The van der Waals surface area contributed by atoms with Gasteiger partial charge in [-0.15, -0.1) is 0 Å². The molecular weight excluding hydrogens is 246 g/mol. The van der Waals surface area contributed by atoms with E-state index in [9.17, 15) is 9.32 Å². The second-order valence-electron chi connectivity index (χ2n) is 3.59. The Labute approximate surface area is 103 Å². The Hall–Kier alpha value is -0.580. The Morgan fingerprint density at radius 1 is 1.50 bits per heavy atom. The second kappa shape index (κ2) is 6.89. The van der Waals surface area contributed by atoms with Crippen LogP contribution in [-0.2, 0) is 17.3 Å². The summed E-state index contributed by atoms with van der Waals surface area (Å²) in [5, 5.41) is 12.8. The molecule has 1 rings (SSSR count). The molecule has 0 amide bonds. The summed E-state index contributed by atoms with van der Waals surface area (Å²) < 4.78 is 10.8. The summed E-state index contributed by atoms with van der Waals surface area (Å²) in [5.74, 6) is 0.829. The van der Waals surface area contributed by atoms with Gasteiger partial charge in [0.05, 0.1) is 5.02 Å². The highest BCUT2D eigenvalue weighted by Gasteiger charge is 1.99. The molecule has 1 aromatic rings. The van der Waals surface area contributed by atoms with Crippen molar-refractivity contribution in [2.24, 2.45) is 0 Å². The molecule has 0 spiro atoms. The molecule has 2 N–H and O–H groups in total. The first-order valence-corrected chi connectivity index (χ1v) is 7.18. The molecule has 0 saturated heterocycles. The van der Waals surface area contributed by atoms with Crippen LogP contribution in [0.1, 0.15) is 12.0 Å². The molecule has 0 aliphatic heterocycles. The molecular formula is C11H16ClNO2S. The van der Waals surface area contributed by atoms with Gasteiger partial charge in [-0.1, -0.05) is 17.7 Å². The number of phenols is 1. The normalized spacial score (nSPS) is 12.6. The highest BCUT2D eigenvalue weighted by Crippen LogP contribution is 2.23.